The quantitative estimate of drug-likeness (QED) is 0.555. The highest BCUT2D eigenvalue weighted by atomic mass is 16.2. The van der Waals surface area contributed by atoms with Gasteiger partial charge >= 0.3 is 6.03 Å². The van der Waals surface area contributed by atoms with E-state index in [4.69, 9.17) is 11.5 Å². The third-order valence-electron chi connectivity index (χ3n) is 4.17. The van der Waals surface area contributed by atoms with Crippen LogP contribution >= 0.6 is 0 Å². The average molecular weight is 313 g/mol. The summed E-state index contributed by atoms with van der Waals surface area (Å²) in [6.45, 7) is 7.02. The molecule has 0 spiro atoms. The zero-order valence-electron chi connectivity index (χ0n) is 14.4. The molecule has 22 heavy (non-hydrogen) atoms. The SMILES string of the molecule is CN(C)C(=O)NC1CC(C)(C)CC(C)(CNC(=O)C(N)N)C1. The number of rotatable bonds is 4. The van der Waals surface area contributed by atoms with Gasteiger partial charge in [0.2, 0.25) is 0 Å². The summed E-state index contributed by atoms with van der Waals surface area (Å²) < 4.78 is 0. The third-order valence-corrected chi connectivity index (χ3v) is 4.17. The molecule has 1 rings (SSSR count). The van der Waals surface area contributed by atoms with E-state index in [9.17, 15) is 9.59 Å². The second-order valence-corrected chi connectivity index (χ2v) is 7.84. The number of nitrogens with one attached hydrogen (secondary N) is 2. The first-order valence-electron chi connectivity index (χ1n) is 7.71. The lowest BCUT2D eigenvalue weighted by Gasteiger charge is -2.47. The van der Waals surface area contributed by atoms with E-state index in [1.54, 1.807) is 14.1 Å². The summed E-state index contributed by atoms with van der Waals surface area (Å²) in [5.74, 6) is -0.349. The van der Waals surface area contributed by atoms with Gasteiger partial charge in [-0.15, -0.1) is 0 Å². The Morgan fingerprint density at radius 2 is 1.82 bits per heavy atom. The van der Waals surface area contributed by atoms with E-state index in [0.717, 1.165) is 19.3 Å². The number of nitrogens with zero attached hydrogens (tertiary/aromatic N) is 1. The fourth-order valence-corrected chi connectivity index (χ4v) is 3.59. The predicted molar refractivity (Wildman–Crippen MR) is 86.9 cm³/mol. The minimum Gasteiger partial charge on any atom is -0.353 e. The van der Waals surface area contributed by atoms with E-state index in [0.29, 0.717) is 6.54 Å². The molecule has 1 saturated carbocycles. The number of carbonyl (C=O) groups excluding carboxylic acids is 2. The minimum absolute atomic E-state index is 0.0851. The Morgan fingerprint density at radius 1 is 1.23 bits per heavy atom. The molecule has 0 aliphatic heterocycles. The van der Waals surface area contributed by atoms with Crippen molar-refractivity contribution >= 4 is 11.9 Å². The summed E-state index contributed by atoms with van der Waals surface area (Å²) >= 11 is 0. The van der Waals surface area contributed by atoms with Crippen LogP contribution in [0.3, 0.4) is 0 Å². The Hall–Kier alpha value is -1.34. The maximum absolute atomic E-state index is 11.9. The normalized spacial score (nSPS) is 27.4. The van der Waals surface area contributed by atoms with Crippen molar-refractivity contribution in [3.05, 3.63) is 0 Å². The highest BCUT2D eigenvalue weighted by molar-refractivity contribution is 5.80. The van der Waals surface area contributed by atoms with Crippen molar-refractivity contribution in [1.82, 2.24) is 15.5 Å². The van der Waals surface area contributed by atoms with Crippen LogP contribution < -0.4 is 22.1 Å². The molecule has 7 heteroatoms. The van der Waals surface area contributed by atoms with Gasteiger partial charge in [0.05, 0.1) is 0 Å². The molecule has 1 fully saturated rings. The van der Waals surface area contributed by atoms with Gasteiger partial charge in [-0.2, -0.15) is 0 Å². The molecule has 0 aromatic rings. The Bertz CT molecular complexity index is 422. The molecular weight excluding hydrogens is 282 g/mol. The fourth-order valence-electron chi connectivity index (χ4n) is 3.59. The van der Waals surface area contributed by atoms with Crippen LogP contribution in [0.1, 0.15) is 40.0 Å². The molecule has 0 aromatic carbocycles. The molecule has 0 aromatic heterocycles. The van der Waals surface area contributed by atoms with Crippen LogP contribution in [0.4, 0.5) is 4.79 Å². The van der Waals surface area contributed by atoms with Crippen molar-refractivity contribution in [3.8, 4) is 0 Å². The van der Waals surface area contributed by atoms with Crippen molar-refractivity contribution < 1.29 is 9.59 Å². The molecule has 128 valence electrons. The fraction of sp³-hybridized carbons (Fsp3) is 0.867. The number of hydrogen-bond donors (Lipinski definition) is 4. The molecule has 0 heterocycles. The van der Waals surface area contributed by atoms with Crippen LogP contribution in [0, 0.1) is 10.8 Å². The van der Waals surface area contributed by atoms with Crippen LogP contribution in [-0.2, 0) is 4.79 Å². The molecule has 3 amide bonds. The van der Waals surface area contributed by atoms with Crippen LogP contribution in [0.15, 0.2) is 0 Å². The van der Waals surface area contributed by atoms with Crippen LogP contribution in [0.5, 0.6) is 0 Å². The molecular formula is C15H31N5O2. The Kier molecular flexibility index (Phi) is 5.81. The Morgan fingerprint density at radius 3 is 2.32 bits per heavy atom. The topological polar surface area (TPSA) is 113 Å². The molecule has 2 atom stereocenters. The summed E-state index contributed by atoms with van der Waals surface area (Å²) in [5.41, 5.74) is 10.7. The van der Waals surface area contributed by atoms with Gasteiger partial charge < -0.3 is 27.0 Å². The summed E-state index contributed by atoms with van der Waals surface area (Å²) in [6, 6.07) is 0.00479. The molecule has 6 N–H and O–H groups in total. The van der Waals surface area contributed by atoms with Gasteiger partial charge in [-0.1, -0.05) is 20.8 Å². The van der Waals surface area contributed by atoms with Crippen molar-refractivity contribution in [3.63, 3.8) is 0 Å². The summed E-state index contributed by atoms with van der Waals surface area (Å²) in [6.07, 6.45) is 1.71. The first-order valence-corrected chi connectivity index (χ1v) is 7.71. The van der Waals surface area contributed by atoms with Crippen LogP contribution in [0.2, 0.25) is 0 Å². The van der Waals surface area contributed by atoms with Crippen molar-refractivity contribution in [2.75, 3.05) is 20.6 Å². The molecule has 0 bridgehead atoms. The Balaban J connectivity index is 2.73. The molecule has 0 saturated heterocycles. The van der Waals surface area contributed by atoms with Gasteiger partial charge in [0.1, 0.15) is 6.17 Å². The number of amides is 3. The molecule has 7 nitrogen and oxygen atoms in total. The van der Waals surface area contributed by atoms with Crippen molar-refractivity contribution in [2.24, 2.45) is 22.3 Å². The number of urea groups is 1. The standard InChI is InChI=1S/C15H31N5O2/c1-14(2)6-10(19-13(22)20(4)5)7-15(3,8-14)9-18-12(21)11(16)17/h10-11H,6-9,16-17H2,1-5H3,(H,18,21)(H,19,22). The molecule has 2 unspecified atom stereocenters. The summed E-state index contributed by atoms with van der Waals surface area (Å²) in [7, 11) is 3.46. The lowest BCUT2D eigenvalue weighted by atomic mass is 9.62. The van der Waals surface area contributed by atoms with E-state index in [2.05, 4.69) is 31.4 Å². The average Bonchev–Trinajstić information content (AvgIpc) is 2.33. The third kappa shape index (κ3) is 5.46. The highest BCUT2D eigenvalue weighted by Gasteiger charge is 2.42. The van der Waals surface area contributed by atoms with Crippen LogP contribution in [0.25, 0.3) is 0 Å². The minimum atomic E-state index is -0.996. The van der Waals surface area contributed by atoms with Gasteiger partial charge in [0, 0.05) is 26.7 Å². The first kappa shape index (κ1) is 18.7. The second-order valence-electron chi connectivity index (χ2n) is 7.84. The summed E-state index contributed by atoms with van der Waals surface area (Å²) in [4.78, 5) is 25.0. The van der Waals surface area contributed by atoms with Gasteiger partial charge in [-0.3, -0.25) is 4.79 Å². The maximum Gasteiger partial charge on any atom is 0.317 e. The van der Waals surface area contributed by atoms with Gasteiger partial charge in [0.25, 0.3) is 5.91 Å². The highest BCUT2D eigenvalue weighted by Crippen LogP contribution is 2.45. The van der Waals surface area contributed by atoms with Crippen molar-refractivity contribution in [1.29, 1.82) is 0 Å². The van der Waals surface area contributed by atoms with E-state index in [1.165, 1.54) is 4.90 Å². The van der Waals surface area contributed by atoms with Crippen LogP contribution in [-0.4, -0.2) is 49.7 Å². The molecule has 0 radical (unpaired) electrons. The molecule has 1 aliphatic rings. The number of nitrogens with two attached hydrogens (primary N) is 2. The predicted octanol–water partition coefficient (Wildman–Crippen LogP) is 0.202. The van der Waals surface area contributed by atoms with Gasteiger partial charge in [-0.05, 0) is 30.1 Å². The Labute approximate surface area is 133 Å². The largest absolute Gasteiger partial charge is 0.353 e. The van der Waals surface area contributed by atoms with E-state index in [-0.39, 0.29) is 28.8 Å². The first-order chi connectivity index (χ1) is 9.94. The maximum atomic E-state index is 11.9. The monoisotopic (exact) mass is 313 g/mol. The zero-order chi connectivity index (χ0) is 17.1. The van der Waals surface area contributed by atoms with Gasteiger partial charge in [-0.25, -0.2) is 4.79 Å². The lowest BCUT2D eigenvalue weighted by molar-refractivity contribution is -0.123. The number of carbonyl (C=O) groups is 2. The zero-order valence-corrected chi connectivity index (χ0v) is 14.4. The smallest absolute Gasteiger partial charge is 0.317 e. The van der Waals surface area contributed by atoms with E-state index in [1.807, 2.05) is 0 Å². The number of hydrogen-bond acceptors (Lipinski definition) is 4. The van der Waals surface area contributed by atoms with E-state index < -0.39 is 6.17 Å². The lowest BCUT2D eigenvalue weighted by Crippen LogP contribution is -2.54. The van der Waals surface area contributed by atoms with Crippen molar-refractivity contribution in [2.45, 2.75) is 52.2 Å². The summed E-state index contributed by atoms with van der Waals surface area (Å²) in [5, 5.41) is 5.88. The van der Waals surface area contributed by atoms with Gasteiger partial charge in [0.15, 0.2) is 0 Å². The van der Waals surface area contributed by atoms with E-state index >= 15 is 0 Å². The second kappa shape index (κ2) is 6.83. The molecule has 1 aliphatic carbocycles.